The number of likely N-dealkylation sites (tertiary alicyclic amines) is 1. The molecular weight excluding hydrogens is 324 g/mol. The van der Waals surface area contributed by atoms with Gasteiger partial charge in [0.1, 0.15) is 6.04 Å². The molecule has 1 aliphatic heterocycles. The Bertz CT molecular complexity index is 824. The number of nitrogens with one attached hydrogen (secondary N) is 1. The fourth-order valence-electron chi connectivity index (χ4n) is 3.55. The summed E-state index contributed by atoms with van der Waals surface area (Å²) in [6.07, 6.45) is 4.53. The third-order valence-corrected chi connectivity index (χ3v) is 5.03. The minimum atomic E-state index is 0.496. The van der Waals surface area contributed by atoms with Gasteiger partial charge in [-0.15, -0.1) is 0 Å². The quantitative estimate of drug-likeness (QED) is 0.792. The van der Waals surface area contributed by atoms with Crippen molar-refractivity contribution in [2.45, 2.75) is 25.4 Å². The number of hydrogen-bond acceptors (Lipinski definition) is 3. The molecule has 0 aliphatic carbocycles. The average Bonchev–Trinajstić information content (AvgIpc) is 3.30. The molecule has 4 rings (SSSR count). The molecule has 1 saturated heterocycles. The summed E-state index contributed by atoms with van der Waals surface area (Å²) in [5.74, 6) is 1.31. The molecule has 2 atom stereocenters. The van der Waals surface area contributed by atoms with Crippen molar-refractivity contribution < 1.29 is 9.42 Å². The van der Waals surface area contributed by atoms with Crippen LogP contribution in [0.2, 0.25) is 5.02 Å². The SMILES string of the molecule is Cn1cccc1[C@@H]1CCC[NH+]1Cc1nc(-c2ccc(Cl)cc2)no1. The molecule has 6 heteroatoms. The number of quaternary nitrogens is 1. The molecule has 0 radical (unpaired) electrons. The Morgan fingerprint density at radius 3 is 2.88 bits per heavy atom. The van der Waals surface area contributed by atoms with Gasteiger partial charge in [0.25, 0.3) is 5.89 Å². The van der Waals surface area contributed by atoms with Gasteiger partial charge in [0, 0.05) is 36.7 Å². The lowest BCUT2D eigenvalue weighted by molar-refractivity contribution is -0.933. The summed E-state index contributed by atoms with van der Waals surface area (Å²) in [5, 5.41) is 4.82. The number of nitrogens with zero attached hydrogens (tertiary/aromatic N) is 3. The van der Waals surface area contributed by atoms with Crippen molar-refractivity contribution in [1.82, 2.24) is 14.7 Å². The topological polar surface area (TPSA) is 48.3 Å². The highest BCUT2D eigenvalue weighted by molar-refractivity contribution is 6.30. The molecule has 0 bridgehead atoms. The zero-order valence-electron chi connectivity index (χ0n) is 13.6. The second kappa shape index (κ2) is 6.42. The van der Waals surface area contributed by atoms with Gasteiger partial charge in [0.05, 0.1) is 12.2 Å². The molecule has 1 N–H and O–H groups in total. The lowest BCUT2D eigenvalue weighted by Gasteiger charge is -2.20. The largest absolute Gasteiger partial charge is 0.350 e. The van der Waals surface area contributed by atoms with E-state index in [1.165, 1.54) is 23.4 Å². The van der Waals surface area contributed by atoms with Gasteiger partial charge in [0.2, 0.25) is 5.82 Å². The van der Waals surface area contributed by atoms with Gasteiger partial charge < -0.3 is 14.0 Å². The van der Waals surface area contributed by atoms with Crippen molar-refractivity contribution in [3.8, 4) is 11.4 Å². The number of aromatic nitrogens is 3. The zero-order chi connectivity index (χ0) is 16.5. The van der Waals surface area contributed by atoms with Gasteiger partial charge in [-0.1, -0.05) is 16.8 Å². The highest BCUT2D eigenvalue weighted by Crippen LogP contribution is 2.21. The van der Waals surface area contributed by atoms with Crippen molar-refractivity contribution in [3.05, 3.63) is 59.2 Å². The van der Waals surface area contributed by atoms with Crippen molar-refractivity contribution in [2.24, 2.45) is 7.05 Å². The van der Waals surface area contributed by atoms with Crippen LogP contribution in [0.4, 0.5) is 0 Å². The van der Waals surface area contributed by atoms with E-state index in [0.717, 1.165) is 18.7 Å². The molecule has 2 aromatic heterocycles. The molecule has 1 unspecified atom stereocenters. The Morgan fingerprint density at radius 1 is 1.29 bits per heavy atom. The average molecular weight is 344 g/mol. The molecule has 24 heavy (non-hydrogen) atoms. The van der Waals surface area contributed by atoms with Gasteiger partial charge in [-0.3, -0.25) is 0 Å². The minimum Gasteiger partial charge on any atom is -0.350 e. The van der Waals surface area contributed by atoms with Gasteiger partial charge in [-0.25, -0.2) is 0 Å². The molecular formula is C18H20ClN4O+. The molecule has 5 nitrogen and oxygen atoms in total. The molecule has 1 fully saturated rings. The first-order chi connectivity index (χ1) is 11.7. The summed E-state index contributed by atoms with van der Waals surface area (Å²) in [7, 11) is 2.11. The summed E-state index contributed by atoms with van der Waals surface area (Å²) in [5.41, 5.74) is 2.30. The predicted octanol–water partition coefficient (Wildman–Crippen LogP) is 2.65. The van der Waals surface area contributed by atoms with Gasteiger partial charge in [0.15, 0.2) is 6.54 Å². The van der Waals surface area contributed by atoms with E-state index in [0.29, 0.717) is 22.8 Å². The molecule has 3 heterocycles. The second-order valence-electron chi connectivity index (χ2n) is 6.34. The van der Waals surface area contributed by atoms with Crippen LogP contribution in [0, 0.1) is 0 Å². The first-order valence-electron chi connectivity index (χ1n) is 8.25. The first-order valence-corrected chi connectivity index (χ1v) is 8.63. The maximum absolute atomic E-state index is 5.93. The van der Waals surface area contributed by atoms with Crippen LogP contribution < -0.4 is 4.90 Å². The number of benzene rings is 1. The number of aryl methyl sites for hydroxylation is 1. The minimum absolute atomic E-state index is 0.496. The number of halogens is 1. The lowest BCUT2D eigenvalue weighted by atomic mass is 10.1. The third-order valence-electron chi connectivity index (χ3n) is 4.77. The van der Waals surface area contributed by atoms with E-state index in [-0.39, 0.29) is 0 Å². The maximum Gasteiger partial charge on any atom is 0.282 e. The summed E-state index contributed by atoms with van der Waals surface area (Å²) < 4.78 is 7.70. The Hall–Kier alpha value is -2.11. The van der Waals surface area contributed by atoms with Crippen LogP contribution >= 0.6 is 11.6 Å². The summed E-state index contributed by atoms with van der Waals surface area (Å²) in [4.78, 5) is 6.05. The van der Waals surface area contributed by atoms with Gasteiger partial charge in [-0.05, 0) is 36.4 Å². The Morgan fingerprint density at radius 2 is 2.12 bits per heavy atom. The molecule has 1 aromatic carbocycles. The third kappa shape index (κ3) is 2.97. The highest BCUT2D eigenvalue weighted by atomic mass is 35.5. The van der Waals surface area contributed by atoms with Crippen molar-refractivity contribution in [2.75, 3.05) is 6.54 Å². The van der Waals surface area contributed by atoms with Crippen molar-refractivity contribution in [1.29, 1.82) is 0 Å². The van der Waals surface area contributed by atoms with E-state index in [1.54, 1.807) is 0 Å². The number of rotatable bonds is 4. The molecule has 1 aliphatic rings. The molecule has 3 aromatic rings. The van der Waals surface area contributed by atoms with Crippen LogP contribution in [0.3, 0.4) is 0 Å². The first kappa shape index (κ1) is 15.4. The highest BCUT2D eigenvalue weighted by Gasteiger charge is 2.32. The summed E-state index contributed by atoms with van der Waals surface area (Å²) >= 11 is 5.93. The normalized spacial score (nSPS) is 20.6. The van der Waals surface area contributed by atoms with Crippen LogP contribution in [0.1, 0.15) is 30.5 Å². The Kier molecular flexibility index (Phi) is 4.12. The Balaban J connectivity index is 1.51. The fraction of sp³-hybridized carbons (Fsp3) is 0.333. The zero-order valence-corrected chi connectivity index (χ0v) is 14.3. The van der Waals surface area contributed by atoms with E-state index >= 15 is 0 Å². The maximum atomic E-state index is 5.93. The van der Waals surface area contributed by atoms with Gasteiger partial charge >= 0.3 is 0 Å². The predicted molar refractivity (Wildman–Crippen MR) is 91.7 cm³/mol. The lowest BCUT2D eigenvalue weighted by Crippen LogP contribution is -3.09. The fourth-order valence-corrected chi connectivity index (χ4v) is 3.68. The Labute approximate surface area is 145 Å². The van der Waals surface area contributed by atoms with Crippen LogP contribution in [0.25, 0.3) is 11.4 Å². The van der Waals surface area contributed by atoms with Crippen LogP contribution in [0.5, 0.6) is 0 Å². The summed E-state index contributed by atoms with van der Waals surface area (Å²) in [6, 6.07) is 12.3. The van der Waals surface area contributed by atoms with E-state index in [9.17, 15) is 0 Å². The second-order valence-corrected chi connectivity index (χ2v) is 6.78. The van der Waals surface area contributed by atoms with E-state index in [1.807, 2.05) is 24.3 Å². The van der Waals surface area contributed by atoms with Crippen LogP contribution in [0.15, 0.2) is 47.1 Å². The van der Waals surface area contributed by atoms with E-state index in [4.69, 9.17) is 16.1 Å². The van der Waals surface area contributed by atoms with Crippen LogP contribution in [-0.4, -0.2) is 21.3 Å². The van der Waals surface area contributed by atoms with E-state index < -0.39 is 0 Å². The molecule has 0 spiro atoms. The number of hydrogen-bond donors (Lipinski definition) is 1. The van der Waals surface area contributed by atoms with Crippen LogP contribution in [-0.2, 0) is 13.6 Å². The standard InChI is InChI=1S/C18H19ClN4O/c1-22-10-2-4-15(22)16-5-3-11-23(16)12-17-20-18(21-24-17)13-6-8-14(19)9-7-13/h2,4,6-10,16H,3,5,11-12H2,1H3/p+1/t16-/m0/s1. The van der Waals surface area contributed by atoms with Crippen molar-refractivity contribution >= 4 is 11.6 Å². The smallest absolute Gasteiger partial charge is 0.282 e. The monoisotopic (exact) mass is 343 g/mol. The molecule has 0 saturated carbocycles. The van der Waals surface area contributed by atoms with Gasteiger partial charge in [-0.2, -0.15) is 4.98 Å². The summed E-state index contributed by atoms with van der Waals surface area (Å²) in [6.45, 7) is 1.89. The molecule has 124 valence electrons. The van der Waals surface area contributed by atoms with Crippen molar-refractivity contribution in [3.63, 3.8) is 0 Å². The van der Waals surface area contributed by atoms with E-state index in [2.05, 4.69) is 40.1 Å². The molecule has 0 amide bonds.